The minimum Gasteiger partial charge on any atom is -0.476 e. The Kier molecular flexibility index (Phi) is 2.87. The summed E-state index contributed by atoms with van der Waals surface area (Å²) in [6.07, 6.45) is -3.79. The third-order valence-electron chi connectivity index (χ3n) is 2.30. The number of halogens is 4. The van der Waals surface area contributed by atoms with E-state index in [1.165, 1.54) is 0 Å². The SMILES string of the molecule is N#Cc1cc(C(F)(F)F)c2nc(C(=O)O)c(Cl)n2c1. The lowest BCUT2D eigenvalue weighted by Gasteiger charge is -2.08. The van der Waals surface area contributed by atoms with Gasteiger partial charge in [0.2, 0.25) is 0 Å². The summed E-state index contributed by atoms with van der Waals surface area (Å²) in [6.45, 7) is 0. The van der Waals surface area contributed by atoms with Gasteiger partial charge < -0.3 is 5.11 Å². The van der Waals surface area contributed by atoms with E-state index in [4.69, 9.17) is 22.0 Å². The number of aromatic nitrogens is 2. The Morgan fingerprint density at radius 1 is 1.53 bits per heavy atom. The molecule has 2 heterocycles. The van der Waals surface area contributed by atoms with Crippen molar-refractivity contribution in [2.45, 2.75) is 6.18 Å². The molecular formula is C10H3ClF3N3O2. The molecule has 0 spiro atoms. The lowest BCUT2D eigenvalue weighted by atomic mass is 10.2. The van der Waals surface area contributed by atoms with Crippen molar-refractivity contribution in [3.05, 3.63) is 34.2 Å². The van der Waals surface area contributed by atoms with Gasteiger partial charge in [0.25, 0.3) is 0 Å². The lowest BCUT2D eigenvalue weighted by molar-refractivity contribution is -0.136. The normalized spacial score (nSPS) is 11.5. The van der Waals surface area contributed by atoms with E-state index in [0.717, 1.165) is 10.6 Å². The first-order valence-corrected chi connectivity index (χ1v) is 5.05. The Morgan fingerprint density at radius 2 is 2.16 bits per heavy atom. The van der Waals surface area contributed by atoms with E-state index in [0.29, 0.717) is 6.07 Å². The number of aromatic carboxylic acids is 1. The molecule has 1 N–H and O–H groups in total. The maximum Gasteiger partial charge on any atom is 0.420 e. The van der Waals surface area contributed by atoms with Crippen LogP contribution in [0.1, 0.15) is 21.6 Å². The van der Waals surface area contributed by atoms with Crippen LogP contribution in [0.4, 0.5) is 13.2 Å². The van der Waals surface area contributed by atoms with E-state index in [9.17, 15) is 18.0 Å². The Hall–Kier alpha value is -2.27. The molecule has 2 aromatic heterocycles. The molecule has 0 atom stereocenters. The quantitative estimate of drug-likeness (QED) is 0.875. The average Bonchev–Trinajstić information content (AvgIpc) is 2.64. The van der Waals surface area contributed by atoms with E-state index in [2.05, 4.69) is 4.98 Å². The van der Waals surface area contributed by atoms with Gasteiger partial charge in [0, 0.05) is 6.20 Å². The lowest BCUT2D eigenvalue weighted by Crippen LogP contribution is -2.08. The van der Waals surface area contributed by atoms with Crippen LogP contribution < -0.4 is 0 Å². The van der Waals surface area contributed by atoms with Crippen LogP contribution in [0.15, 0.2) is 12.3 Å². The van der Waals surface area contributed by atoms with E-state index in [1.54, 1.807) is 6.07 Å². The van der Waals surface area contributed by atoms with Gasteiger partial charge in [-0.05, 0) is 6.07 Å². The maximum atomic E-state index is 12.8. The third kappa shape index (κ3) is 2.08. The molecule has 0 saturated carbocycles. The standard InChI is InChI=1S/C10H3ClF3N3O2/c11-7-6(9(18)19)16-8-5(10(12,13)14)1-4(2-15)3-17(7)8/h1,3H,(H,18,19). The van der Waals surface area contributed by atoms with E-state index in [-0.39, 0.29) is 5.56 Å². The van der Waals surface area contributed by atoms with Crippen LogP contribution in [0.5, 0.6) is 0 Å². The largest absolute Gasteiger partial charge is 0.476 e. The number of rotatable bonds is 1. The minimum atomic E-state index is -4.78. The number of nitriles is 1. The molecule has 0 aliphatic heterocycles. The summed E-state index contributed by atoms with van der Waals surface area (Å²) in [4.78, 5) is 14.2. The number of pyridine rings is 1. The van der Waals surface area contributed by atoms with Crippen LogP contribution in [0.3, 0.4) is 0 Å². The predicted octanol–water partition coefficient (Wildman–Crippen LogP) is 2.58. The fourth-order valence-electron chi connectivity index (χ4n) is 1.52. The van der Waals surface area contributed by atoms with Crippen molar-refractivity contribution < 1.29 is 23.1 Å². The Labute approximate surface area is 108 Å². The van der Waals surface area contributed by atoms with E-state index >= 15 is 0 Å². The summed E-state index contributed by atoms with van der Waals surface area (Å²) in [5.74, 6) is -1.56. The van der Waals surface area contributed by atoms with E-state index < -0.39 is 34.2 Å². The predicted molar refractivity (Wildman–Crippen MR) is 56.9 cm³/mol. The first-order valence-electron chi connectivity index (χ1n) is 4.68. The van der Waals surface area contributed by atoms with Crippen molar-refractivity contribution in [2.24, 2.45) is 0 Å². The third-order valence-corrected chi connectivity index (χ3v) is 2.66. The van der Waals surface area contributed by atoms with Crippen molar-refractivity contribution in [1.82, 2.24) is 9.38 Å². The molecule has 0 amide bonds. The number of hydrogen-bond donors (Lipinski definition) is 1. The highest BCUT2D eigenvalue weighted by Crippen LogP contribution is 2.34. The van der Waals surface area contributed by atoms with Gasteiger partial charge in [0.1, 0.15) is 16.8 Å². The van der Waals surface area contributed by atoms with Crippen LogP contribution in [-0.4, -0.2) is 20.5 Å². The molecule has 0 unspecified atom stereocenters. The van der Waals surface area contributed by atoms with Crippen LogP contribution >= 0.6 is 11.6 Å². The highest BCUT2D eigenvalue weighted by atomic mass is 35.5. The van der Waals surface area contributed by atoms with Gasteiger partial charge >= 0.3 is 12.1 Å². The van der Waals surface area contributed by atoms with Crippen molar-refractivity contribution in [3.63, 3.8) is 0 Å². The number of alkyl halides is 3. The van der Waals surface area contributed by atoms with Crippen molar-refractivity contribution in [3.8, 4) is 6.07 Å². The molecule has 0 aliphatic rings. The smallest absolute Gasteiger partial charge is 0.420 e. The first-order chi connectivity index (χ1) is 8.75. The number of carboxylic acid groups (broad SMARTS) is 1. The average molecular weight is 290 g/mol. The van der Waals surface area contributed by atoms with Gasteiger partial charge in [0.05, 0.1) is 5.56 Å². The molecule has 0 fully saturated rings. The number of nitrogens with zero attached hydrogens (tertiary/aromatic N) is 3. The molecule has 0 saturated heterocycles. The van der Waals surface area contributed by atoms with Gasteiger partial charge in [-0.2, -0.15) is 18.4 Å². The molecule has 9 heteroatoms. The van der Waals surface area contributed by atoms with Crippen molar-refractivity contribution >= 4 is 23.2 Å². The Morgan fingerprint density at radius 3 is 2.63 bits per heavy atom. The number of fused-ring (bicyclic) bond motifs is 1. The molecule has 2 aromatic rings. The van der Waals surface area contributed by atoms with Crippen LogP contribution in [0, 0.1) is 11.3 Å². The summed E-state index contributed by atoms with van der Waals surface area (Å²) >= 11 is 5.65. The Balaban J connectivity index is 2.93. The van der Waals surface area contributed by atoms with Crippen LogP contribution in [-0.2, 0) is 6.18 Å². The van der Waals surface area contributed by atoms with Crippen LogP contribution in [0.2, 0.25) is 5.15 Å². The second kappa shape index (κ2) is 4.13. The fourth-order valence-corrected chi connectivity index (χ4v) is 1.77. The Bertz CT molecular complexity index is 730. The topological polar surface area (TPSA) is 78.4 Å². The first kappa shape index (κ1) is 13.2. The molecule has 5 nitrogen and oxygen atoms in total. The minimum absolute atomic E-state index is 0.309. The molecule has 98 valence electrons. The zero-order valence-electron chi connectivity index (χ0n) is 8.86. The number of carboxylic acids is 1. The highest BCUT2D eigenvalue weighted by molar-refractivity contribution is 6.32. The van der Waals surface area contributed by atoms with Crippen LogP contribution in [0.25, 0.3) is 5.65 Å². The summed E-state index contributed by atoms with van der Waals surface area (Å²) in [5.41, 5.74) is -2.90. The van der Waals surface area contributed by atoms with E-state index in [1.807, 2.05) is 0 Å². The molecule has 0 aliphatic carbocycles. The maximum absolute atomic E-state index is 12.8. The van der Waals surface area contributed by atoms with Gasteiger partial charge in [-0.15, -0.1) is 0 Å². The zero-order chi connectivity index (χ0) is 14.4. The second-order valence-corrected chi connectivity index (χ2v) is 3.86. The number of imidazole rings is 1. The van der Waals surface area contributed by atoms with Gasteiger partial charge in [-0.1, -0.05) is 11.6 Å². The number of carbonyl (C=O) groups is 1. The van der Waals surface area contributed by atoms with Gasteiger partial charge in [-0.3, -0.25) is 4.40 Å². The fraction of sp³-hybridized carbons (Fsp3) is 0.100. The van der Waals surface area contributed by atoms with Crippen molar-refractivity contribution in [2.75, 3.05) is 0 Å². The second-order valence-electron chi connectivity index (χ2n) is 3.50. The molecule has 2 rings (SSSR count). The molecule has 0 bridgehead atoms. The van der Waals surface area contributed by atoms with Crippen molar-refractivity contribution in [1.29, 1.82) is 5.26 Å². The summed E-state index contributed by atoms with van der Waals surface area (Å²) in [6, 6.07) is 2.13. The summed E-state index contributed by atoms with van der Waals surface area (Å²) in [7, 11) is 0. The molecule has 0 radical (unpaired) electrons. The molecular weight excluding hydrogens is 287 g/mol. The van der Waals surface area contributed by atoms with Gasteiger partial charge in [-0.25, -0.2) is 9.78 Å². The summed E-state index contributed by atoms with van der Waals surface area (Å²) in [5, 5.41) is 17.0. The molecule has 0 aromatic carbocycles. The summed E-state index contributed by atoms with van der Waals surface area (Å²) < 4.78 is 39.2. The highest BCUT2D eigenvalue weighted by Gasteiger charge is 2.36. The van der Waals surface area contributed by atoms with Gasteiger partial charge in [0.15, 0.2) is 11.3 Å². The molecule has 19 heavy (non-hydrogen) atoms. The number of hydrogen-bond acceptors (Lipinski definition) is 3. The monoisotopic (exact) mass is 289 g/mol. The zero-order valence-corrected chi connectivity index (χ0v) is 9.62.